The third kappa shape index (κ3) is 13.2. The van der Waals surface area contributed by atoms with Crippen LogP contribution in [0.1, 0.15) is 190 Å². The van der Waals surface area contributed by atoms with E-state index in [4.69, 9.17) is 9.47 Å². The molecular weight excluding hydrogens is 689 g/mol. The van der Waals surface area contributed by atoms with Crippen LogP contribution in [-0.4, -0.2) is 65.4 Å². The Labute approximate surface area is 336 Å². The zero-order chi connectivity index (χ0) is 40.2. The Morgan fingerprint density at radius 1 is 0.873 bits per heavy atom. The Balaban J connectivity index is 1.16. The molecule has 8 heteroatoms. The van der Waals surface area contributed by atoms with Crippen LogP contribution >= 0.6 is 0 Å². The van der Waals surface area contributed by atoms with Gasteiger partial charge in [-0.3, -0.25) is 9.59 Å². The van der Waals surface area contributed by atoms with Crippen LogP contribution in [0.5, 0.6) is 0 Å². The van der Waals surface area contributed by atoms with Crippen molar-refractivity contribution in [2.45, 2.75) is 208 Å². The molecule has 0 saturated heterocycles. The van der Waals surface area contributed by atoms with Crippen molar-refractivity contribution in [2.24, 2.45) is 40.4 Å². The molecule has 0 spiro atoms. The molecular formula is C47H82N2O6. The molecule has 8 atom stereocenters. The van der Waals surface area contributed by atoms with Crippen molar-refractivity contribution < 1.29 is 29.0 Å². The molecule has 8 nitrogen and oxygen atoms in total. The zero-order valence-corrected chi connectivity index (χ0v) is 36.5. The maximum atomic E-state index is 13.2. The topological polar surface area (TPSA) is 105 Å². The molecule has 2 amide bonds. The number of ether oxygens (including phenoxy) is 2. The van der Waals surface area contributed by atoms with Crippen molar-refractivity contribution >= 4 is 18.0 Å². The highest BCUT2D eigenvalue weighted by Crippen LogP contribution is 2.66. The first kappa shape index (κ1) is 45.6. The molecule has 3 fully saturated rings. The number of unbranched alkanes of at least 4 members (excludes halogenated alkanes) is 5. The quantitative estimate of drug-likeness (QED) is 0.0684. The number of allylic oxidation sites excluding steroid dienone is 1. The number of hydrogen-bond donors (Lipinski definition) is 2. The van der Waals surface area contributed by atoms with Gasteiger partial charge in [-0.1, -0.05) is 84.3 Å². The monoisotopic (exact) mass is 771 g/mol. The van der Waals surface area contributed by atoms with E-state index in [2.05, 4.69) is 39.1 Å². The second-order valence-corrected chi connectivity index (χ2v) is 20.2. The van der Waals surface area contributed by atoms with Crippen LogP contribution in [0.25, 0.3) is 0 Å². The summed E-state index contributed by atoms with van der Waals surface area (Å²) in [6, 6.07) is 0.0613. The Hall–Kier alpha value is -2.09. The molecule has 4 aliphatic carbocycles. The summed E-state index contributed by atoms with van der Waals surface area (Å²) in [5.74, 6) is 3.84. The fraction of sp³-hybridized carbons (Fsp3) is 0.894. The van der Waals surface area contributed by atoms with Gasteiger partial charge in [0.25, 0.3) is 0 Å². The van der Waals surface area contributed by atoms with Gasteiger partial charge in [0.15, 0.2) is 0 Å². The molecule has 2 N–H and O–H groups in total. The Morgan fingerprint density at radius 2 is 1.58 bits per heavy atom. The molecule has 4 aliphatic rings. The minimum atomic E-state index is -0.501. The van der Waals surface area contributed by atoms with Gasteiger partial charge in [-0.15, -0.1) is 0 Å². The summed E-state index contributed by atoms with van der Waals surface area (Å²) >= 11 is 0. The second-order valence-electron chi connectivity index (χ2n) is 20.2. The van der Waals surface area contributed by atoms with Gasteiger partial charge in [0.2, 0.25) is 5.91 Å². The third-order valence-electron chi connectivity index (χ3n) is 14.4. The number of amides is 2. The van der Waals surface area contributed by atoms with Crippen molar-refractivity contribution in [3.8, 4) is 0 Å². The van der Waals surface area contributed by atoms with Crippen molar-refractivity contribution in [2.75, 3.05) is 19.7 Å². The Kier molecular flexibility index (Phi) is 17.5. The lowest BCUT2D eigenvalue weighted by Gasteiger charge is -2.58. The Bertz CT molecular complexity index is 1260. The molecule has 0 aromatic carbocycles. The lowest BCUT2D eigenvalue weighted by molar-refractivity contribution is -0.153. The Morgan fingerprint density at radius 3 is 2.31 bits per heavy atom. The van der Waals surface area contributed by atoms with Crippen molar-refractivity contribution in [1.82, 2.24) is 10.2 Å². The standard InChI is InChI=1S/C47H82N2O6/c1-34(2)17-13-14-19-36-21-23-40-39-22-20-37-33-38(26-28-47(37,8)41(39)27-29-46(36,40)7)54-43(52)25-24-42(51)49(31-16-32-50)30-15-11-9-10-12-18-35(3)48-44(53)55-45(4,5)6/h20,34-36,38-41,50H,9-19,21-33H2,1-8H3,(H,48,53). The number of esters is 1. The summed E-state index contributed by atoms with van der Waals surface area (Å²) in [7, 11) is 0. The average Bonchev–Trinajstić information content (AvgIpc) is 3.45. The summed E-state index contributed by atoms with van der Waals surface area (Å²) in [6.45, 7) is 18.7. The number of nitrogens with zero attached hydrogens (tertiary/aromatic N) is 1. The summed E-state index contributed by atoms with van der Waals surface area (Å²) in [6.07, 6.45) is 24.1. The molecule has 0 aromatic rings. The van der Waals surface area contributed by atoms with Crippen molar-refractivity contribution in [3.63, 3.8) is 0 Å². The number of hydrogen-bond acceptors (Lipinski definition) is 6. The fourth-order valence-electron chi connectivity index (χ4n) is 11.4. The van der Waals surface area contributed by atoms with E-state index in [1.54, 1.807) is 0 Å². The summed E-state index contributed by atoms with van der Waals surface area (Å²) < 4.78 is 11.4. The first-order valence-electron chi connectivity index (χ1n) is 22.8. The lowest BCUT2D eigenvalue weighted by Crippen LogP contribution is -2.50. The van der Waals surface area contributed by atoms with Crippen LogP contribution < -0.4 is 5.32 Å². The van der Waals surface area contributed by atoms with Gasteiger partial charge >= 0.3 is 12.1 Å². The summed E-state index contributed by atoms with van der Waals surface area (Å²) in [4.78, 5) is 40.1. The molecule has 0 heterocycles. The van der Waals surface area contributed by atoms with Crippen molar-refractivity contribution in [1.29, 1.82) is 0 Å². The number of rotatable bonds is 21. The smallest absolute Gasteiger partial charge is 0.407 e. The van der Waals surface area contributed by atoms with Crippen LogP contribution in [0.15, 0.2) is 11.6 Å². The molecule has 0 aromatic heterocycles. The van der Waals surface area contributed by atoms with Crippen LogP contribution in [0, 0.1) is 40.4 Å². The van der Waals surface area contributed by atoms with Gasteiger partial charge < -0.3 is 24.8 Å². The first-order valence-corrected chi connectivity index (χ1v) is 22.8. The van der Waals surface area contributed by atoms with E-state index < -0.39 is 5.60 Å². The fourth-order valence-corrected chi connectivity index (χ4v) is 11.4. The normalized spacial score (nSPS) is 29.4. The highest BCUT2D eigenvalue weighted by atomic mass is 16.6. The van der Waals surface area contributed by atoms with Gasteiger partial charge in [0.05, 0.1) is 6.42 Å². The maximum Gasteiger partial charge on any atom is 0.407 e. The van der Waals surface area contributed by atoms with E-state index in [1.807, 2.05) is 32.6 Å². The molecule has 0 aliphatic heterocycles. The van der Waals surface area contributed by atoms with Crippen LogP contribution in [0.3, 0.4) is 0 Å². The highest BCUT2D eigenvalue weighted by molar-refractivity contribution is 5.81. The summed E-state index contributed by atoms with van der Waals surface area (Å²) in [5.41, 5.74) is 1.77. The largest absolute Gasteiger partial charge is 0.462 e. The van der Waals surface area contributed by atoms with Crippen molar-refractivity contribution in [3.05, 3.63) is 11.6 Å². The summed E-state index contributed by atoms with van der Waals surface area (Å²) in [5, 5.41) is 12.4. The number of fused-ring (bicyclic) bond motifs is 5. The van der Waals surface area contributed by atoms with E-state index in [9.17, 15) is 19.5 Å². The van der Waals surface area contributed by atoms with Gasteiger partial charge in [-0.05, 0) is 139 Å². The maximum absolute atomic E-state index is 13.2. The van der Waals surface area contributed by atoms with Gasteiger partial charge in [-0.25, -0.2) is 4.79 Å². The van der Waals surface area contributed by atoms with Crippen LogP contribution in [-0.2, 0) is 19.1 Å². The van der Waals surface area contributed by atoms with E-state index >= 15 is 0 Å². The van der Waals surface area contributed by atoms with E-state index in [-0.39, 0.29) is 55.0 Å². The molecule has 8 unspecified atom stereocenters. The lowest BCUT2D eigenvalue weighted by atomic mass is 9.47. The minimum Gasteiger partial charge on any atom is -0.462 e. The van der Waals surface area contributed by atoms with E-state index in [0.717, 1.165) is 87.4 Å². The predicted octanol–water partition coefficient (Wildman–Crippen LogP) is 10.9. The molecule has 0 radical (unpaired) electrons. The molecule has 316 valence electrons. The number of carbonyl (C=O) groups is 3. The molecule has 3 saturated carbocycles. The van der Waals surface area contributed by atoms with Gasteiger partial charge in [-0.2, -0.15) is 0 Å². The third-order valence-corrected chi connectivity index (χ3v) is 14.4. The SMILES string of the molecule is CC(C)CCCCC1CCC2C3CC=C4CC(OC(=O)CCC(=O)N(CCCO)CCCCCCCC(C)NC(=O)OC(C)(C)C)CCC4(C)C3CCC12C. The van der Waals surface area contributed by atoms with E-state index in [0.29, 0.717) is 24.9 Å². The molecule has 0 bridgehead atoms. The number of nitrogens with one attached hydrogen (secondary N) is 1. The van der Waals surface area contributed by atoms with E-state index in [1.165, 1.54) is 63.4 Å². The number of alkyl carbamates (subject to hydrolysis) is 1. The van der Waals surface area contributed by atoms with Gasteiger partial charge in [0, 0.05) is 38.6 Å². The first-order chi connectivity index (χ1) is 26.1. The average molecular weight is 771 g/mol. The van der Waals surface area contributed by atoms with Gasteiger partial charge in [0.1, 0.15) is 11.7 Å². The molecule has 4 rings (SSSR count). The zero-order valence-electron chi connectivity index (χ0n) is 36.5. The number of carbonyl (C=O) groups excluding carboxylic acids is 3. The second kappa shape index (κ2) is 21.1. The number of aliphatic hydroxyl groups excluding tert-OH is 1. The van der Waals surface area contributed by atoms with Crippen LogP contribution in [0.4, 0.5) is 4.79 Å². The highest BCUT2D eigenvalue weighted by Gasteiger charge is 2.58. The predicted molar refractivity (Wildman–Crippen MR) is 222 cm³/mol. The number of aliphatic hydroxyl groups is 1. The minimum absolute atomic E-state index is 0.0290. The van der Waals surface area contributed by atoms with Crippen LogP contribution in [0.2, 0.25) is 0 Å². The molecule has 55 heavy (non-hydrogen) atoms.